The number of phenolic OH excluding ortho intramolecular Hbond substituents is 1. The van der Waals surface area contributed by atoms with Crippen LogP contribution in [-0.2, 0) is 6.54 Å². The van der Waals surface area contributed by atoms with E-state index in [0.717, 1.165) is 36.8 Å². The first kappa shape index (κ1) is 28.3. The maximum absolute atomic E-state index is 13.1. The minimum Gasteiger partial charge on any atom is -0.507 e. The van der Waals surface area contributed by atoms with Gasteiger partial charge in [0.15, 0.2) is 11.5 Å². The molecule has 0 saturated carbocycles. The Balaban J connectivity index is 0.00000190. The van der Waals surface area contributed by atoms with Crippen LogP contribution >= 0.6 is 24.8 Å². The summed E-state index contributed by atoms with van der Waals surface area (Å²) in [6.45, 7) is 1.37. The normalized spacial score (nSPS) is 15.5. The molecule has 7 nitrogen and oxygen atoms in total. The Morgan fingerprint density at radius 1 is 1.05 bits per heavy atom. The van der Waals surface area contributed by atoms with E-state index in [0.29, 0.717) is 40.3 Å². The van der Waals surface area contributed by atoms with Crippen molar-refractivity contribution in [1.82, 2.24) is 9.88 Å². The number of pyridine rings is 1. The lowest BCUT2D eigenvalue weighted by Gasteiger charge is -2.36. The number of phenols is 1. The molecule has 9 heteroatoms. The highest BCUT2D eigenvalue weighted by Gasteiger charge is 2.26. The van der Waals surface area contributed by atoms with Crippen LogP contribution in [0.25, 0.3) is 22.1 Å². The van der Waals surface area contributed by atoms with E-state index in [2.05, 4.69) is 16.0 Å². The summed E-state index contributed by atoms with van der Waals surface area (Å²) in [6, 6.07) is 14.8. The summed E-state index contributed by atoms with van der Waals surface area (Å²) in [6.07, 6.45) is 6.92. The van der Waals surface area contributed by atoms with Crippen LogP contribution in [0.5, 0.6) is 17.2 Å². The molecule has 0 unspecified atom stereocenters. The lowest BCUT2D eigenvalue weighted by atomic mass is 9.95. The number of hydrogen-bond acceptors (Lipinski definition) is 7. The van der Waals surface area contributed by atoms with Crippen LogP contribution in [-0.4, -0.2) is 35.8 Å². The van der Waals surface area contributed by atoms with E-state index in [1.54, 1.807) is 56.8 Å². The molecule has 37 heavy (non-hydrogen) atoms. The highest BCUT2D eigenvalue weighted by Crippen LogP contribution is 2.37. The third-order valence-corrected chi connectivity index (χ3v) is 6.72. The predicted molar refractivity (Wildman–Crippen MR) is 148 cm³/mol. The predicted octanol–water partition coefficient (Wildman–Crippen LogP) is 6.15. The molecule has 1 aliphatic rings. The second-order valence-corrected chi connectivity index (χ2v) is 8.77. The summed E-state index contributed by atoms with van der Waals surface area (Å²) in [4.78, 5) is 19.7. The van der Waals surface area contributed by atoms with Crippen molar-refractivity contribution >= 4 is 35.8 Å². The summed E-state index contributed by atoms with van der Waals surface area (Å²) in [5.41, 5.74) is 2.80. The quantitative estimate of drug-likeness (QED) is 0.291. The summed E-state index contributed by atoms with van der Waals surface area (Å²) < 4.78 is 16.5. The van der Waals surface area contributed by atoms with Crippen molar-refractivity contribution in [1.29, 1.82) is 0 Å². The molecule has 1 aliphatic heterocycles. The van der Waals surface area contributed by atoms with Crippen LogP contribution in [0, 0.1) is 0 Å². The van der Waals surface area contributed by atoms with Gasteiger partial charge in [-0.1, -0.05) is 18.6 Å². The number of piperidine rings is 1. The summed E-state index contributed by atoms with van der Waals surface area (Å²) in [5, 5.41) is 11.5. The average Bonchev–Trinajstić information content (AvgIpc) is 2.90. The van der Waals surface area contributed by atoms with Gasteiger partial charge in [-0.15, -0.1) is 24.8 Å². The van der Waals surface area contributed by atoms with Crippen molar-refractivity contribution in [3.8, 4) is 28.4 Å². The van der Waals surface area contributed by atoms with Crippen molar-refractivity contribution in [2.45, 2.75) is 31.8 Å². The number of nitrogens with zero attached hydrogens (tertiary/aromatic N) is 2. The van der Waals surface area contributed by atoms with Gasteiger partial charge in [-0.2, -0.15) is 0 Å². The zero-order valence-electron chi connectivity index (χ0n) is 20.7. The minimum atomic E-state index is -0.473. The van der Waals surface area contributed by atoms with Crippen LogP contribution in [0.15, 0.2) is 70.1 Å². The monoisotopic (exact) mass is 544 g/mol. The van der Waals surface area contributed by atoms with Crippen LogP contribution < -0.4 is 15.1 Å². The van der Waals surface area contributed by atoms with Crippen molar-refractivity contribution in [2.75, 3.05) is 20.8 Å². The van der Waals surface area contributed by atoms with E-state index in [-0.39, 0.29) is 36.6 Å². The van der Waals surface area contributed by atoms with Crippen LogP contribution in [0.1, 0.15) is 36.4 Å². The number of rotatable bonds is 6. The van der Waals surface area contributed by atoms with Gasteiger partial charge in [0.2, 0.25) is 0 Å². The van der Waals surface area contributed by atoms with Gasteiger partial charge in [-0.3, -0.25) is 9.88 Å². The summed E-state index contributed by atoms with van der Waals surface area (Å²) >= 11 is 0. The van der Waals surface area contributed by atoms with Gasteiger partial charge in [0.25, 0.3) is 0 Å². The van der Waals surface area contributed by atoms with Crippen molar-refractivity contribution < 1.29 is 19.0 Å². The molecule has 1 fully saturated rings. The Labute approximate surface area is 227 Å². The zero-order valence-corrected chi connectivity index (χ0v) is 22.3. The van der Waals surface area contributed by atoms with Gasteiger partial charge in [0, 0.05) is 30.4 Å². The lowest BCUT2D eigenvalue weighted by Crippen LogP contribution is -2.33. The summed E-state index contributed by atoms with van der Waals surface area (Å²) in [7, 11) is 3.12. The second kappa shape index (κ2) is 12.3. The molecular weight excluding hydrogens is 515 g/mol. The third-order valence-electron chi connectivity index (χ3n) is 6.72. The number of likely N-dealkylation sites (tertiary alicyclic amines) is 1. The third kappa shape index (κ3) is 5.69. The molecule has 0 spiro atoms. The maximum atomic E-state index is 13.1. The molecule has 1 N–H and O–H groups in total. The van der Waals surface area contributed by atoms with E-state index in [4.69, 9.17) is 13.9 Å². The fraction of sp³-hybridized carbons (Fsp3) is 0.286. The highest BCUT2D eigenvalue weighted by atomic mass is 35.5. The Hall–Kier alpha value is -3.26. The number of benzene rings is 2. The molecular formula is C28H30Cl2N2O5. The maximum Gasteiger partial charge on any atom is 0.344 e. The van der Waals surface area contributed by atoms with Gasteiger partial charge < -0.3 is 19.0 Å². The molecule has 196 valence electrons. The van der Waals surface area contributed by atoms with Gasteiger partial charge >= 0.3 is 5.63 Å². The van der Waals surface area contributed by atoms with Crippen molar-refractivity contribution in [3.05, 3.63) is 82.5 Å². The molecule has 2 aromatic heterocycles. The molecule has 0 aliphatic carbocycles. The van der Waals surface area contributed by atoms with Crippen LogP contribution in [0.4, 0.5) is 0 Å². The number of hydrogen-bond donors (Lipinski definition) is 1. The van der Waals surface area contributed by atoms with E-state index < -0.39 is 5.63 Å². The standard InChI is InChI=1S/C28H28N2O5.2ClH/c1-33-25-11-9-18(15-26(25)34-2)21-14-19-8-10-24(31)22(27(19)35-28(21)32)17-30-13-4-3-7-23(30)20-6-5-12-29-16-20;;/h5-6,8-12,14-16,23,31H,3-4,7,13,17H2,1-2H3;2*1H/t23-;;/m0../s1. The fourth-order valence-corrected chi connectivity index (χ4v) is 4.92. The van der Waals surface area contributed by atoms with E-state index in [9.17, 15) is 9.90 Å². The highest BCUT2D eigenvalue weighted by molar-refractivity contribution is 5.86. The Morgan fingerprint density at radius 3 is 2.59 bits per heavy atom. The Bertz CT molecular complexity index is 1410. The van der Waals surface area contributed by atoms with E-state index >= 15 is 0 Å². The molecule has 0 bridgehead atoms. The lowest BCUT2D eigenvalue weighted by molar-refractivity contribution is 0.139. The molecule has 3 heterocycles. The number of halogens is 2. The molecule has 0 amide bonds. The van der Waals surface area contributed by atoms with Gasteiger partial charge in [-0.25, -0.2) is 4.79 Å². The molecule has 2 aromatic carbocycles. The fourth-order valence-electron chi connectivity index (χ4n) is 4.92. The number of fused-ring (bicyclic) bond motifs is 1. The van der Waals surface area contributed by atoms with Crippen LogP contribution in [0.2, 0.25) is 0 Å². The SMILES string of the molecule is COc1ccc(-c2cc3ccc(O)c(CN4CCCC[C@H]4c4cccnc4)c3oc2=O)cc1OC.Cl.Cl. The first-order chi connectivity index (χ1) is 17.1. The number of methoxy groups -OCH3 is 2. The second-order valence-electron chi connectivity index (χ2n) is 8.77. The Kier molecular flexibility index (Phi) is 9.43. The first-order valence-electron chi connectivity index (χ1n) is 11.7. The topological polar surface area (TPSA) is 85.0 Å². The van der Waals surface area contributed by atoms with Gasteiger partial charge in [-0.05, 0) is 66.9 Å². The van der Waals surface area contributed by atoms with Crippen molar-refractivity contribution in [2.24, 2.45) is 0 Å². The number of aromatic nitrogens is 1. The van der Waals surface area contributed by atoms with Gasteiger partial charge in [0.05, 0.1) is 25.3 Å². The zero-order chi connectivity index (χ0) is 24.4. The first-order valence-corrected chi connectivity index (χ1v) is 11.7. The molecule has 0 radical (unpaired) electrons. The average molecular weight is 545 g/mol. The smallest absolute Gasteiger partial charge is 0.344 e. The Morgan fingerprint density at radius 2 is 1.86 bits per heavy atom. The minimum absolute atomic E-state index is 0. The van der Waals surface area contributed by atoms with E-state index in [1.165, 1.54) is 0 Å². The molecule has 4 aromatic rings. The number of aromatic hydroxyl groups is 1. The van der Waals surface area contributed by atoms with Crippen molar-refractivity contribution in [3.63, 3.8) is 0 Å². The molecule has 1 saturated heterocycles. The number of ether oxygens (including phenoxy) is 2. The van der Waals surface area contributed by atoms with E-state index in [1.807, 2.05) is 12.3 Å². The van der Waals surface area contributed by atoms with Gasteiger partial charge in [0.1, 0.15) is 11.3 Å². The van der Waals surface area contributed by atoms with Crippen LogP contribution in [0.3, 0.4) is 0 Å². The molecule has 5 rings (SSSR count). The largest absolute Gasteiger partial charge is 0.507 e. The summed E-state index contributed by atoms with van der Waals surface area (Å²) in [5.74, 6) is 1.23. The molecule has 1 atom stereocenters.